The van der Waals surface area contributed by atoms with Crippen molar-refractivity contribution >= 4 is 11.6 Å². The summed E-state index contributed by atoms with van der Waals surface area (Å²) in [7, 11) is 0. The average molecular weight is 337 g/mol. The lowest BCUT2D eigenvalue weighted by Gasteiger charge is -2.23. The van der Waals surface area contributed by atoms with Crippen molar-refractivity contribution in [3.8, 4) is 5.75 Å². The fourth-order valence-electron chi connectivity index (χ4n) is 3.71. The van der Waals surface area contributed by atoms with Crippen LogP contribution >= 0.6 is 0 Å². The molecule has 2 N–H and O–H groups in total. The maximum atomic E-state index is 12.5. The lowest BCUT2D eigenvalue weighted by molar-refractivity contribution is -0.118. The molecule has 1 atom stereocenters. The number of ether oxygens (including phenoxy) is 1. The fourth-order valence-corrected chi connectivity index (χ4v) is 3.71. The predicted molar refractivity (Wildman–Crippen MR) is 96.3 cm³/mol. The van der Waals surface area contributed by atoms with Crippen LogP contribution in [-0.4, -0.2) is 24.0 Å². The number of rotatable bonds is 5. The number of carbonyl (C=O) groups excluding carboxylic acids is 1. The molecule has 2 aliphatic rings. The van der Waals surface area contributed by atoms with Gasteiger partial charge in [-0.25, -0.2) is 0 Å². The van der Waals surface area contributed by atoms with Crippen LogP contribution in [0.25, 0.3) is 0 Å². The van der Waals surface area contributed by atoms with Crippen molar-refractivity contribution in [3.05, 3.63) is 54.4 Å². The van der Waals surface area contributed by atoms with Crippen LogP contribution in [0.15, 0.2) is 48.8 Å². The summed E-state index contributed by atoms with van der Waals surface area (Å²) in [5, 5.41) is 6.42. The van der Waals surface area contributed by atoms with E-state index in [9.17, 15) is 4.79 Å². The van der Waals surface area contributed by atoms with Crippen LogP contribution in [0.3, 0.4) is 0 Å². The van der Waals surface area contributed by atoms with E-state index < -0.39 is 0 Å². The second-order valence-electron chi connectivity index (χ2n) is 7.03. The molecule has 5 nitrogen and oxygen atoms in total. The molecule has 1 unspecified atom stereocenters. The minimum atomic E-state index is 0.160. The van der Waals surface area contributed by atoms with Crippen LogP contribution in [0.1, 0.15) is 24.8 Å². The third-order valence-corrected chi connectivity index (χ3v) is 5.38. The van der Waals surface area contributed by atoms with Crippen molar-refractivity contribution in [2.75, 3.05) is 18.4 Å². The van der Waals surface area contributed by atoms with E-state index in [4.69, 9.17) is 4.74 Å². The summed E-state index contributed by atoms with van der Waals surface area (Å²) in [6.07, 6.45) is 6.78. The maximum Gasteiger partial charge on any atom is 0.228 e. The van der Waals surface area contributed by atoms with Crippen molar-refractivity contribution in [2.24, 2.45) is 11.3 Å². The monoisotopic (exact) mass is 337 g/mol. The number of benzene rings is 1. The number of hydrogen-bond donors (Lipinski definition) is 2. The molecule has 1 aliphatic carbocycles. The molecule has 2 heterocycles. The molecule has 0 radical (unpaired) electrons. The number of amides is 1. The summed E-state index contributed by atoms with van der Waals surface area (Å²) in [5.74, 6) is 1.13. The summed E-state index contributed by atoms with van der Waals surface area (Å²) in [4.78, 5) is 16.5. The van der Waals surface area contributed by atoms with Gasteiger partial charge in [0.25, 0.3) is 0 Å². The number of piperidine rings is 1. The maximum absolute atomic E-state index is 12.5. The van der Waals surface area contributed by atoms with Gasteiger partial charge >= 0.3 is 0 Å². The first-order valence-electron chi connectivity index (χ1n) is 8.89. The Morgan fingerprint density at radius 1 is 1.16 bits per heavy atom. The lowest BCUT2D eigenvalue weighted by atomic mass is 9.92. The summed E-state index contributed by atoms with van der Waals surface area (Å²) < 4.78 is 5.75. The first-order chi connectivity index (χ1) is 12.3. The molecule has 0 bridgehead atoms. The van der Waals surface area contributed by atoms with E-state index in [0.717, 1.165) is 49.4 Å². The second-order valence-corrected chi connectivity index (χ2v) is 7.03. The summed E-state index contributed by atoms with van der Waals surface area (Å²) >= 11 is 0. The van der Waals surface area contributed by atoms with Crippen LogP contribution in [0.2, 0.25) is 0 Å². The molecule has 1 saturated heterocycles. The molecule has 5 heteroatoms. The largest absolute Gasteiger partial charge is 0.489 e. The Morgan fingerprint density at radius 2 is 1.88 bits per heavy atom. The third kappa shape index (κ3) is 3.66. The van der Waals surface area contributed by atoms with Gasteiger partial charge in [0.2, 0.25) is 5.91 Å². The number of nitrogens with one attached hydrogen (secondary N) is 2. The first-order valence-corrected chi connectivity index (χ1v) is 8.89. The number of hydrogen-bond acceptors (Lipinski definition) is 4. The van der Waals surface area contributed by atoms with Crippen molar-refractivity contribution in [1.29, 1.82) is 0 Å². The minimum Gasteiger partial charge on any atom is -0.489 e. The Labute approximate surface area is 147 Å². The van der Waals surface area contributed by atoms with E-state index in [2.05, 4.69) is 15.6 Å². The highest BCUT2D eigenvalue weighted by molar-refractivity contribution is 5.95. The first kappa shape index (κ1) is 16.1. The third-order valence-electron chi connectivity index (χ3n) is 5.38. The average Bonchev–Trinajstić information content (AvgIpc) is 3.35. The van der Waals surface area contributed by atoms with E-state index in [1.807, 2.05) is 36.4 Å². The van der Waals surface area contributed by atoms with Crippen LogP contribution in [0.5, 0.6) is 5.75 Å². The van der Waals surface area contributed by atoms with Gasteiger partial charge in [-0.05, 0) is 79.7 Å². The molecular weight excluding hydrogens is 314 g/mol. The zero-order chi connectivity index (χ0) is 17.1. The topological polar surface area (TPSA) is 63.2 Å². The van der Waals surface area contributed by atoms with Gasteiger partial charge in [0.05, 0.1) is 0 Å². The van der Waals surface area contributed by atoms with Gasteiger partial charge in [-0.2, -0.15) is 0 Å². The Morgan fingerprint density at radius 3 is 2.60 bits per heavy atom. The Hall–Kier alpha value is -2.40. The minimum absolute atomic E-state index is 0.160. The van der Waals surface area contributed by atoms with Crippen molar-refractivity contribution < 1.29 is 9.53 Å². The molecule has 1 aliphatic heterocycles. The Balaban J connectivity index is 1.29. The quantitative estimate of drug-likeness (QED) is 0.880. The molecule has 1 saturated carbocycles. The normalized spacial score (nSPS) is 20.9. The van der Waals surface area contributed by atoms with Gasteiger partial charge in [0.1, 0.15) is 12.4 Å². The van der Waals surface area contributed by atoms with Gasteiger partial charge in [0, 0.05) is 24.0 Å². The molecule has 25 heavy (non-hydrogen) atoms. The Bertz CT molecular complexity index is 724. The zero-order valence-electron chi connectivity index (χ0n) is 14.2. The number of nitrogens with zero attached hydrogens (tertiary/aromatic N) is 1. The van der Waals surface area contributed by atoms with Gasteiger partial charge in [-0.3, -0.25) is 9.78 Å². The zero-order valence-corrected chi connectivity index (χ0v) is 14.2. The van der Waals surface area contributed by atoms with Gasteiger partial charge < -0.3 is 15.4 Å². The molecule has 1 aromatic carbocycles. The predicted octanol–water partition coefficient (Wildman–Crippen LogP) is 2.99. The van der Waals surface area contributed by atoms with Crippen LogP contribution < -0.4 is 15.4 Å². The summed E-state index contributed by atoms with van der Waals surface area (Å²) in [6.45, 7) is 2.58. The fraction of sp³-hybridized carbons (Fsp3) is 0.400. The SMILES string of the molecule is O=C(Nc1ccc(OCc2ccncc2)cc1)C1CC12CCNCC2. The number of aromatic nitrogens is 1. The molecule has 1 aromatic heterocycles. The smallest absolute Gasteiger partial charge is 0.228 e. The second kappa shape index (κ2) is 6.84. The molecule has 4 rings (SSSR count). The molecule has 1 spiro atoms. The number of pyridine rings is 1. The molecule has 130 valence electrons. The Kier molecular flexibility index (Phi) is 4.40. The molecule has 2 aromatic rings. The number of carbonyl (C=O) groups is 1. The van der Waals surface area contributed by atoms with Crippen LogP contribution in [0, 0.1) is 11.3 Å². The van der Waals surface area contributed by atoms with E-state index in [1.54, 1.807) is 12.4 Å². The van der Waals surface area contributed by atoms with Gasteiger partial charge in [0.15, 0.2) is 0 Å². The molecular formula is C20H23N3O2. The molecule has 1 amide bonds. The van der Waals surface area contributed by atoms with Crippen LogP contribution in [0.4, 0.5) is 5.69 Å². The van der Waals surface area contributed by atoms with E-state index in [-0.39, 0.29) is 17.2 Å². The van der Waals surface area contributed by atoms with E-state index in [0.29, 0.717) is 6.61 Å². The van der Waals surface area contributed by atoms with Crippen molar-refractivity contribution in [2.45, 2.75) is 25.9 Å². The summed E-state index contributed by atoms with van der Waals surface area (Å²) in [5.41, 5.74) is 2.17. The highest BCUT2D eigenvalue weighted by Crippen LogP contribution is 2.58. The number of anilines is 1. The van der Waals surface area contributed by atoms with Gasteiger partial charge in [-0.1, -0.05) is 0 Å². The summed E-state index contributed by atoms with van der Waals surface area (Å²) in [6, 6.07) is 11.4. The van der Waals surface area contributed by atoms with E-state index in [1.165, 1.54) is 0 Å². The highest BCUT2D eigenvalue weighted by atomic mass is 16.5. The van der Waals surface area contributed by atoms with Gasteiger partial charge in [-0.15, -0.1) is 0 Å². The van der Waals surface area contributed by atoms with E-state index >= 15 is 0 Å². The molecule has 2 fully saturated rings. The van der Waals surface area contributed by atoms with Crippen LogP contribution in [-0.2, 0) is 11.4 Å². The highest BCUT2D eigenvalue weighted by Gasteiger charge is 2.57. The lowest BCUT2D eigenvalue weighted by Crippen LogP contribution is -2.31. The van der Waals surface area contributed by atoms with Crippen molar-refractivity contribution in [1.82, 2.24) is 10.3 Å². The van der Waals surface area contributed by atoms with Crippen molar-refractivity contribution in [3.63, 3.8) is 0 Å². The standard InChI is InChI=1S/C20H23N3O2/c24-19(18-13-20(18)7-11-22-12-8-20)23-16-1-3-17(4-2-16)25-14-15-5-9-21-10-6-15/h1-6,9-10,18,22H,7-8,11-14H2,(H,23,24).